The van der Waals surface area contributed by atoms with E-state index < -0.39 is 5.97 Å². The van der Waals surface area contributed by atoms with Crippen LogP contribution in [0, 0.1) is 0 Å². The minimum Gasteiger partial charge on any atom is -0.465 e. The zero-order valence-corrected chi connectivity index (χ0v) is 20.1. The summed E-state index contributed by atoms with van der Waals surface area (Å²) in [5.41, 5.74) is 3.22. The number of anilines is 1. The molecule has 0 aliphatic carbocycles. The van der Waals surface area contributed by atoms with Crippen LogP contribution in [-0.2, 0) is 4.74 Å². The Kier molecular flexibility index (Phi) is 7.36. The fourth-order valence-electron chi connectivity index (χ4n) is 3.66. The summed E-state index contributed by atoms with van der Waals surface area (Å²) in [5, 5.41) is 8.26. The van der Waals surface area contributed by atoms with Gasteiger partial charge in [0.1, 0.15) is 13.7 Å². The summed E-state index contributed by atoms with van der Waals surface area (Å²) in [4.78, 5) is 30.8. The Labute approximate surface area is 209 Å². The standard InChI is InChI=1S/C25H23BClN5O3/c1-31(24(33)16-7-5-8-17(13-16)25(34)35-2)12-6-11-28-22-14-21(18-9-3-4-10-20(18)27)30-23-19(26)15-29-32(22)23/h3-5,7-10,13-15,28H,6,11-12H2,1-2H3. The molecule has 2 heterocycles. The number of methoxy groups -OCH3 is 1. The van der Waals surface area contributed by atoms with Crippen molar-refractivity contribution < 1.29 is 14.3 Å². The topological polar surface area (TPSA) is 88.8 Å². The number of aromatic nitrogens is 3. The van der Waals surface area contributed by atoms with E-state index in [4.69, 9.17) is 24.2 Å². The molecule has 1 N–H and O–H groups in total. The Morgan fingerprint density at radius 1 is 1.14 bits per heavy atom. The molecule has 1 amide bonds. The molecule has 10 heteroatoms. The number of amides is 1. The molecule has 0 spiro atoms. The van der Waals surface area contributed by atoms with Crippen molar-refractivity contribution in [1.82, 2.24) is 19.5 Å². The molecule has 0 bridgehead atoms. The highest BCUT2D eigenvalue weighted by Gasteiger charge is 2.15. The second kappa shape index (κ2) is 10.6. The molecule has 2 aromatic carbocycles. The van der Waals surface area contributed by atoms with Gasteiger partial charge in [0, 0.05) is 48.5 Å². The summed E-state index contributed by atoms with van der Waals surface area (Å²) in [6.45, 7) is 1.07. The number of hydrogen-bond donors (Lipinski definition) is 1. The lowest BCUT2D eigenvalue weighted by Crippen LogP contribution is -2.29. The molecule has 0 saturated heterocycles. The molecular weight excluding hydrogens is 465 g/mol. The van der Waals surface area contributed by atoms with Crippen LogP contribution in [0.3, 0.4) is 0 Å². The van der Waals surface area contributed by atoms with E-state index >= 15 is 0 Å². The number of esters is 1. The Morgan fingerprint density at radius 2 is 1.91 bits per heavy atom. The lowest BCUT2D eigenvalue weighted by Gasteiger charge is -2.18. The highest BCUT2D eigenvalue weighted by atomic mass is 35.5. The van der Waals surface area contributed by atoms with Gasteiger partial charge >= 0.3 is 5.97 Å². The fraction of sp³-hybridized carbons (Fsp3) is 0.200. The van der Waals surface area contributed by atoms with E-state index in [9.17, 15) is 9.59 Å². The van der Waals surface area contributed by atoms with Crippen LogP contribution in [0.25, 0.3) is 16.9 Å². The first kappa shape index (κ1) is 24.3. The molecule has 35 heavy (non-hydrogen) atoms. The van der Waals surface area contributed by atoms with Gasteiger partial charge in [0.2, 0.25) is 0 Å². The third kappa shape index (κ3) is 5.30. The van der Waals surface area contributed by atoms with Gasteiger partial charge in [-0.15, -0.1) is 0 Å². The smallest absolute Gasteiger partial charge is 0.337 e. The Morgan fingerprint density at radius 3 is 2.69 bits per heavy atom. The van der Waals surface area contributed by atoms with Crippen LogP contribution in [0.2, 0.25) is 5.02 Å². The van der Waals surface area contributed by atoms with E-state index in [1.807, 2.05) is 30.3 Å². The first-order valence-corrected chi connectivity index (χ1v) is 11.3. The average molecular weight is 488 g/mol. The van der Waals surface area contributed by atoms with Gasteiger partial charge in [-0.05, 0) is 36.1 Å². The maximum atomic E-state index is 12.8. The zero-order valence-electron chi connectivity index (χ0n) is 19.4. The molecule has 0 saturated carbocycles. The summed E-state index contributed by atoms with van der Waals surface area (Å²) in [6, 6.07) is 15.8. The van der Waals surface area contributed by atoms with Crippen LogP contribution in [0.4, 0.5) is 5.82 Å². The molecule has 8 nitrogen and oxygen atoms in total. The van der Waals surface area contributed by atoms with Crippen molar-refractivity contribution in [2.24, 2.45) is 0 Å². The predicted molar refractivity (Wildman–Crippen MR) is 137 cm³/mol. The highest BCUT2D eigenvalue weighted by molar-refractivity contribution is 6.36. The van der Waals surface area contributed by atoms with Crippen LogP contribution in [-0.4, -0.2) is 66.5 Å². The quantitative estimate of drug-likeness (QED) is 0.233. The Bertz CT molecular complexity index is 1390. The summed E-state index contributed by atoms with van der Waals surface area (Å²) in [7, 11) is 9.10. The average Bonchev–Trinajstić information content (AvgIpc) is 3.26. The highest BCUT2D eigenvalue weighted by Crippen LogP contribution is 2.28. The second-order valence-corrected chi connectivity index (χ2v) is 8.33. The Hall–Kier alpha value is -3.85. The number of carbonyl (C=O) groups is 2. The van der Waals surface area contributed by atoms with Crippen molar-refractivity contribution in [3.8, 4) is 11.3 Å². The first-order chi connectivity index (χ1) is 16.9. The minimum absolute atomic E-state index is 0.178. The number of nitrogens with one attached hydrogen (secondary N) is 1. The minimum atomic E-state index is -0.481. The molecular formula is C25H23BClN5O3. The normalized spacial score (nSPS) is 10.8. The van der Waals surface area contributed by atoms with Crippen LogP contribution in [0.5, 0.6) is 0 Å². The molecule has 2 aromatic heterocycles. The second-order valence-electron chi connectivity index (χ2n) is 7.92. The van der Waals surface area contributed by atoms with Gasteiger partial charge in [0.05, 0.1) is 18.4 Å². The van der Waals surface area contributed by atoms with E-state index in [0.717, 1.165) is 5.56 Å². The van der Waals surface area contributed by atoms with Crippen LogP contribution < -0.4 is 10.8 Å². The predicted octanol–water partition coefficient (Wildman–Crippen LogP) is 3.20. The van der Waals surface area contributed by atoms with Crippen molar-refractivity contribution in [3.05, 3.63) is 76.9 Å². The number of benzene rings is 2. The SMILES string of the molecule is [B]c1cnn2c(NCCCN(C)C(=O)c3cccc(C(=O)OC)c3)cc(-c3ccccc3Cl)nc12. The molecule has 4 rings (SSSR count). The third-order valence-electron chi connectivity index (χ3n) is 5.50. The summed E-state index contributed by atoms with van der Waals surface area (Å²) < 4.78 is 6.37. The van der Waals surface area contributed by atoms with Crippen LogP contribution >= 0.6 is 11.6 Å². The van der Waals surface area contributed by atoms with Crippen molar-refractivity contribution in [2.75, 3.05) is 32.6 Å². The summed E-state index contributed by atoms with van der Waals surface area (Å²) in [6.07, 6.45) is 2.22. The van der Waals surface area contributed by atoms with Crippen LogP contribution in [0.1, 0.15) is 27.1 Å². The zero-order chi connectivity index (χ0) is 24.9. The monoisotopic (exact) mass is 487 g/mol. The maximum Gasteiger partial charge on any atom is 0.337 e. The molecule has 176 valence electrons. The van der Waals surface area contributed by atoms with Gasteiger partial charge < -0.3 is 15.0 Å². The number of hydrogen-bond acceptors (Lipinski definition) is 6. The number of fused-ring (bicyclic) bond motifs is 1. The van der Waals surface area contributed by atoms with Gasteiger partial charge in [0.15, 0.2) is 5.65 Å². The molecule has 0 atom stereocenters. The van der Waals surface area contributed by atoms with Crippen LogP contribution in [0.15, 0.2) is 60.8 Å². The maximum absolute atomic E-state index is 12.8. The molecule has 2 radical (unpaired) electrons. The van der Waals surface area contributed by atoms with Gasteiger partial charge in [-0.3, -0.25) is 4.79 Å². The number of halogens is 1. The van der Waals surface area contributed by atoms with E-state index in [-0.39, 0.29) is 5.91 Å². The lowest BCUT2D eigenvalue weighted by molar-refractivity contribution is 0.0600. The lowest BCUT2D eigenvalue weighted by atomic mass is 10.0. The summed E-state index contributed by atoms with van der Waals surface area (Å²) in [5.74, 6) is 0.0508. The van der Waals surface area contributed by atoms with Gasteiger partial charge in [-0.1, -0.05) is 35.9 Å². The van der Waals surface area contributed by atoms with E-state index in [2.05, 4.69) is 15.4 Å². The number of nitrogens with zero attached hydrogens (tertiary/aromatic N) is 4. The van der Waals surface area contributed by atoms with Gasteiger partial charge in [-0.2, -0.15) is 9.61 Å². The number of ether oxygens (including phenoxy) is 1. The molecule has 0 aliphatic heterocycles. The first-order valence-electron chi connectivity index (χ1n) is 11.0. The largest absolute Gasteiger partial charge is 0.465 e. The summed E-state index contributed by atoms with van der Waals surface area (Å²) >= 11 is 6.38. The molecule has 0 unspecified atom stereocenters. The fourth-order valence-corrected chi connectivity index (χ4v) is 3.90. The van der Waals surface area contributed by atoms with Crippen molar-refractivity contribution in [3.63, 3.8) is 0 Å². The van der Waals surface area contributed by atoms with Crippen molar-refractivity contribution >= 4 is 48.3 Å². The van der Waals surface area contributed by atoms with Crippen molar-refractivity contribution in [1.29, 1.82) is 0 Å². The van der Waals surface area contributed by atoms with E-state index in [0.29, 0.717) is 58.3 Å². The number of carbonyl (C=O) groups excluding carboxylic acids is 2. The van der Waals surface area contributed by atoms with Crippen molar-refractivity contribution in [2.45, 2.75) is 6.42 Å². The van der Waals surface area contributed by atoms with Gasteiger partial charge in [0.25, 0.3) is 5.91 Å². The number of rotatable bonds is 8. The third-order valence-corrected chi connectivity index (χ3v) is 5.83. The molecule has 0 aliphatic rings. The Balaban J connectivity index is 1.43. The molecule has 4 aromatic rings. The van der Waals surface area contributed by atoms with E-state index in [1.165, 1.54) is 13.2 Å². The van der Waals surface area contributed by atoms with E-state index in [1.54, 1.807) is 40.9 Å². The van der Waals surface area contributed by atoms with Gasteiger partial charge in [-0.25, -0.2) is 9.78 Å². The molecule has 0 fully saturated rings.